The average molecular weight is 500 g/mol. The van der Waals surface area contributed by atoms with Gasteiger partial charge in [-0.25, -0.2) is 22.4 Å². The Morgan fingerprint density at radius 1 is 1.12 bits per heavy atom. The number of hydrogen-bond donors (Lipinski definition) is 1. The highest BCUT2D eigenvalue weighted by atomic mass is 35.5. The second kappa shape index (κ2) is 7.63. The fraction of sp³-hybridized carbons (Fsp3) is 0.400. The zero-order valence-electron chi connectivity index (χ0n) is 17.0. The van der Waals surface area contributed by atoms with Gasteiger partial charge in [0.05, 0.1) is 11.5 Å². The lowest BCUT2D eigenvalue weighted by atomic mass is 10.0. The molecule has 3 aromatic rings. The standard InChI is InChI=1S/C20H19Cl2N3O6S/c1-20(2)30-16-12(9-26)29-15(17(16)31-20)11-8-25(14-13(11)23-19(22)24-18(14)21)32(27,28)10-6-4-3-5-7-10/h3-8,12,15-17,26H,9H2,1-2H3/t12-,15?,16-,17+/m1/s1. The number of benzene rings is 1. The van der Waals surface area contributed by atoms with E-state index in [-0.39, 0.29) is 33.0 Å². The van der Waals surface area contributed by atoms with Crippen LogP contribution in [0.4, 0.5) is 0 Å². The first-order valence-electron chi connectivity index (χ1n) is 9.79. The number of fused-ring (bicyclic) bond motifs is 2. The van der Waals surface area contributed by atoms with Crippen molar-refractivity contribution in [1.29, 1.82) is 0 Å². The number of hydrogen-bond acceptors (Lipinski definition) is 8. The van der Waals surface area contributed by atoms with E-state index < -0.39 is 40.2 Å². The van der Waals surface area contributed by atoms with Gasteiger partial charge < -0.3 is 19.3 Å². The smallest absolute Gasteiger partial charge is 0.268 e. The first kappa shape index (κ1) is 22.0. The number of ether oxygens (including phenoxy) is 3. The zero-order chi connectivity index (χ0) is 22.8. The SMILES string of the molecule is CC1(C)O[C@@H]2[C@@H](CO)OC(c3cn(S(=O)(=O)c4ccccc4)c4c(Cl)nc(Cl)nc34)[C@@H]2O1. The molecule has 2 fully saturated rings. The van der Waals surface area contributed by atoms with Crippen LogP contribution < -0.4 is 0 Å². The normalized spacial score (nSPS) is 27.2. The molecule has 1 aromatic carbocycles. The van der Waals surface area contributed by atoms with Crippen LogP contribution in [0.3, 0.4) is 0 Å². The van der Waals surface area contributed by atoms with Gasteiger partial charge in [-0.2, -0.15) is 0 Å². The molecule has 0 saturated carbocycles. The van der Waals surface area contributed by atoms with Crippen LogP contribution in [0.25, 0.3) is 11.0 Å². The highest BCUT2D eigenvalue weighted by Crippen LogP contribution is 2.47. The first-order chi connectivity index (χ1) is 15.1. The second-order valence-electron chi connectivity index (χ2n) is 8.02. The third-order valence-electron chi connectivity index (χ3n) is 5.50. The van der Waals surface area contributed by atoms with E-state index in [0.29, 0.717) is 5.56 Å². The Labute approximate surface area is 193 Å². The first-order valence-corrected chi connectivity index (χ1v) is 12.0. The minimum absolute atomic E-state index is 0.0644. The molecule has 4 atom stereocenters. The van der Waals surface area contributed by atoms with Gasteiger partial charge in [-0.1, -0.05) is 29.8 Å². The highest BCUT2D eigenvalue weighted by molar-refractivity contribution is 7.90. The van der Waals surface area contributed by atoms with E-state index in [1.54, 1.807) is 32.0 Å². The van der Waals surface area contributed by atoms with E-state index in [1.165, 1.54) is 18.3 Å². The molecular formula is C20H19Cl2N3O6S. The lowest BCUT2D eigenvalue weighted by molar-refractivity contribution is -0.190. The molecule has 0 radical (unpaired) electrons. The van der Waals surface area contributed by atoms with Gasteiger partial charge in [0.2, 0.25) is 5.28 Å². The molecule has 2 aromatic heterocycles. The van der Waals surface area contributed by atoms with Crippen molar-refractivity contribution in [3.05, 3.63) is 52.5 Å². The predicted octanol–water partition coefficient (Wildman–Crippen LogP) is 2.93. The van der Waals surface area contributed by atoms with Gasteiger partial charge in [-0.15, -0.1) is 0 Å². The maximum Gasteiger partial charge on any atom is 0.268 e. The Hall–Kier alpha value is -1.79. The maximum atomic E-state index is 13.4. The summed E-state index contributed by atoms with van der Waals surface area (Å²) < 4.78 is 45.9. The topological polar surface area (TPSA) is 113 Å². The van der Waals surface area contributed by atoms with Crippen molar-refractivity contribution in [2.45, 2.75) is 48.9 Å². The largest absolute Gasteiger partial charge is 0.394 e. The van der Waals surface area contributed by atoms with Crippen molar-refractivity contribution in [2.75, 3.05) is 6.61 Å². The molecule has 12 heteroatoms. The van der Waals surface area contributed by atoms with Crippen LogP contribution in [0.5, 0.6) is 0 Å². The molecule has 1 unspecified atom stereocenters. The number of aliphatic hydroxyl groups excluding tert-OH is 1. The van der Waals surface area contributed by atoms with Crippen LogP contribution in [0.2, 0.25) is 10.4 Å². The van der Waals surface area contributed by atoms with Crippen molar-refractivity contribution >= 4 is 44.3 Å². The lowest BCUT2D eigenvalue weighted by Crippen LogP contribution is -2.31. The molecule has 0 aliphatic carbocycles. The van der Waals surface area contributed by atoms with Crippen molar-refractivity contribution < 1.29 is 27.7 Å². The fourth-order valence-electron chi connectivity index (χ4n) is 4.23. The summed E-state index contributed by atoms with van der Waals surface area (Å²) in [5, 5.41) is 9.54. The molecule has 0 amide bonds. The number of halogens is 2. The van der Waals surface area contributed by atoms with Crippen LogP contribution in [0.1, 0.15) is 25.5 Å². The minimum Gasteiger partial charge on any atom is -0.394 e. The summed E-state index contributed by atoms with van der Waals surface area (Å²) >= 11 is 12.4. The molecule has 2 saturated heterocycles. The molecule has 2 aliphatic heterocycles. The van der Waals surface area contributed by atoms with Crippen molar-refractivity contribution in [1.82, 2.24) is 13.9 Å². The molecule has 0 bridgehead atoms. The molecular weight excluding hydrogens is 481 g/mol. The number of nitrogens with zero attached hydrogens (tertiary/aromatic N) is 3. The molecule has 1 N–H and O–H groups in total. The highest BCUT2D eigenvalue weighted by Gasteiger charge is 2.56. The molecule has 2 aliphatic rings. The maximum absolute atomic E-state index is 13.4. The second-order valence-corrected chi connectivity index (χ2v) is 10.5. The van der Waals surface area contributed by atoms with Gasteiger partial charge in [-0.3, -0.25) is 0 Å². The third-order valence-corrected chi connectivity index (χ3v) is 7.61. The van der Waals surface area contributed by atoms with Crippen LogP contribution in [0, 0.1) is 0 Å². The van der Waals surface area contributed by atoms with E-state index in [1.807, 2.05) is 0 Å². The van der Waals surface area contributed by atoms with Crippen molar-refractivity contribution in [3.8, 4) is 0 Å². The van der Waals surface area contributed by atoms with Gasteiger partial charge >= 0.3 is 0 Å². The van der Waals surface area contributed by atoms with E-state index >= 15 is 0 Å². The minimum atomic E-state index is -4.04. The summed E-state index contributed by atoms with van der Waals surface area (Å²) in [4.78, 5) is 8.25. The van der Waals surface area contributed by atoms with E-state index in [2.05, 4.69) is 9.97 Å². The average Bonchev–Trinajstić information content (AvgIpc) is 3.37. The molecule has 0 spiro atoms. The van der Waals surface area contributed by atoms with Crippen molar-refractivity contribution in [2.24, 2.45) is 0 Å². The number of rotatable bonds is 4. The number of aromatic nitrogens is 3. The van der Waals surface area contributed by atoms with E-state index in [9.17, 15) is 13.5 Å². The van der Waals surface area contributed by atoms with Crippen LogP contribution in [0.15, 0.2) is 41.4 Å². The lowest BCUT2D eigenvalue weighted by Gasteiger charge is -2.23. The molecule has 9 nitrogen and oxygen atoms in total. The summed E-state index contributed by atoms with van der Waals surface area (Å²) in [6, 6.07) is 7.92. The van der Waals surface area contributed by atoms with Crippen LogP contribution >= 0.6 is 23.2 Å². The van der Waals surface area contributed by atoms with Crippen molar-refractivity contribution in [3.63, 3.8) is 0 Å². The van der Waals surface area contributed by atoms with Crippen LogP contribution in [-0.2, 0) is 24.2 Å². The fourth-order valence-corrected chi connectivity index (χ4v) is 6.15. The zero-order valence-corrected chi connectivity index (χ0v) is 19.3. The molecule has 170 valence electrons. The summed E-state index contributed by atoms with van der Waals surface area (Å²) in [6.45, 7) is 3.22. The van der Waals surface area contributed by atoms with Gasteiger partial charge in [0.15, 0.2) is 10.9 Å². The Bertz CT molecular complexity index is 1300. The van der Waals surface area contributed by atoms with Gasteiger partial charge in [0, 0.05) is 11.8 Å². The van der Waals surface area contributed by atoms with E-state index in [4.69, 9.17) is 37.4 Å². The Morgan fingerprint density at radius 2 is 1.81 bits per heavy atom. The Morgan fingerprint density at radius 3 is 2.50 bits per heavy atom. The summed E-state index contributed by atoms with van der Waals surface area (Å²) in [5.74, 6) is -0.899. The van der Waals surface area contributed by atoms with Gasteiger partial charge in [-0.05, 0) is 37.6 Å². The van der Waals surface area contributed by atoms with Gasteiger partial charge in [0.25, 0.3) is 10.0 Å². The summed E-state index contributed by atoms with van der Waals surface area (Å²) in [6.07, 6.45) is -1.20. The Kier molecular flexibility index (Phi) is 5.25. The summed E-state index contributed by atoms with van der Waals surface area (Å²) in [7, 11) is -4.04. The van der Waals surface area contributed by atoms with Gasteiger partial charge in [0.1, 0.15) is 35.4 Å². The molecule has 5 rings (SSSR count). The Balaban J connectivity index is 1.72. The van der Waals surface area contributed by atoms with E-state index in [0.717, 1.165) is 3.97 Å². The monoisotopic (exact) mass is 499 g/mol. The van der Waals surface area contributed by atoms with Crippen LogP contribution in [-0.4, -0.2) is 58.2 Å². The molecule has 4 heterocycles. The predicted molar refractivity (Wildman–Crippen MR) is 115 cm³/mol. The third kappa shape index (κ3) is 3.41. The summed E-state index contributed by atoms with van der Waals surface area (Å²) in [5.41, 5.74) is 0.670. The molecule has 32 heavy (non-hydrogen) atoms. The number of aliphatic hydroxyl groups is 1. The quantitative estimate of drug-likeness (QED) is 0.430.